The van der Waals surface area contributed by atoms with Crippen molar-refractivity contribution in [3.05, 3.63) is 70.2 Å². The zero-order valence-electron chi connectivity index (χ0n) is 16.7. The standard InChI is InChI=1S/C20H17ClF2N6O3/c1-9(30)19-26-15(18(22)23)17(32-19)20(31)28-6-5-11-14(25-8-24-11)16(28)12-7-10-3-2-4-13(21)29(10)27-12/h2-4,7-9,16,18,30H,5-6H2,1H3,(H,24,25)/t9-,16+/m1/s1. The van der Waals surface area contributed by atoms with Crippen LogP contribution in [0.4, 0.5) is 8.78 Å². The molecular formula is C20H17ClF2N6O3. The maximum atomic E-state index is 13.6. The highest BCUT2D eigenvalue weighted by atomic mass is 35.5. The number of oxazole rings is 1. The van der Waals surface area contributed by atoms with Crippen molar-refractivity contribution in [3.8, 4) is 0 Å². The summed E-state index contributed by atoms with van der Waals surface area (Å²) in [5.41, 5.74) is 1.73. The number of carbonyl (C=O) groups is 1. The van der Waals surface area contributed by atoms with Gasteiger partial charge in [0.1, 0.15) is 17.3 Å². The van der Waals surface area contributed by atoms with E-state index in [1.54, 1.807) is 18.2 Å². The van der Waals surface area contributed by atoms with E-state index >= 15 is 0 Å². The summed E-state index contributed by atoms with van der Waals surface area (Å²) in [7, 11) is 0. The van der Waals surface area contributed by atoms with Gasteiger partial charge in [-0.2, -0.15) is 5.10 Å². The van der Waals surface area contributed by atoms with Crippen LogP contribution in [0.3, 0.4) is 0 Å². The highest BCUT2D eigenvalue weighted by Gasteiger charge is 2.40. The molecule has 0 fully saturated rings. The molecule has 1 aliphatic heterocycles. The molecule has 2 atom stereocenters. The van der Waals surface area contributed by atoms with E-state index in [1.165, 1.54) is 22.7 Å². The number of rotatable bonds is 4. The number of H-pyrrole nitrogens is 1. The number of fused-ring (bicyclic) bond motifs is 2. The van der Waals surface area contributed by atoms with Crippen LogP contribution in [-0.4, -0.2) is 47.0 Å². The van der Waals surface area contributed by atoms with Crippen LogP contribution >= 0.6 is 11.6 Å². The maximum absolute atomic E-state index is 13.6. The minimum Gasteiger partial charge on any atom is -0.432 e. The predicted octanol–water partition coefficient (Wildman–Crippen LogP) is 3.48. The highest BCUT2D eigenvalue weighted by molar-refractivity contribution is 6.29. The minimum atomic E-state index is -3.05. The zero-order chi connectivity index (χ0) is 22.6. The molecule has 0 saturated heterocycles. The number of pyridine rings is 1. The molecule has 12 heteroatoms. The molecule has 0 aromatic carbocycles. The van der Waals surface area contributed by atoms with Crippen LogP contribution in [0.2, 0.25) is 5.15 Å². The van der Waals surface area contributed by atoms with Gasteiger partial charge in [-0.1, -0.05) is 17.7 Å². The minimum absolute atomic E-state index is 0.202. The number of nitrogens with zero attached hydrogens (tertiary/aromatic N) is 5. The van der Waals surface area contributed by atoms with Gasteiger partial charge in [-0.05, 0) is 25.1 Å². The number of aliphatic hydroxyl groups is 1. The second-order valence-corrected chi connectivity index (χ2v) is 7.80. The van der Waals surface area contributed by atoms with Gasteiger partial charge in [0.15, 0.2) is 5.69 Å². The molecule has 32 heavy (non-hydrogen) atoms. The molecule has 0 unspecified atom stereocenters. The lowest BCUT2D eigenvalue weighted by Gasteiger charge is -2.33. The molecule has 4 aromatic heterocycles. The maximum Gasteiger partial charge on any atom is 0.292 e. The molecular weight excluding hydrogens is 446 g/mol. The van der Waals surface area contributed by atoms with Gasteiger partial charge in [-0.25, -0.2) is 23.3 Å². The lowest BCUT2D eigenvalue weighted by atomic mass is 9.99. The molecule has 5 heterocycles. The fourth-order valence-corrected chi connectivity index (χ4v) is 4.10. The van der Waals surface area contributed by atoms with Crippen molar-refractivity contribution in [3.63, 3.8) is 0 Å². The number of hydrogen-bond donors (Lipinski definition) is 2. The van der Waals surface area contributed by atoms with Gasteiger partial charge in [0, 0.05) is 18.7 Å². The Bertz CT molecular complexity index is 1310. The first-order chi connectivity index (χ1) is 15.3. The third kappa shape index (κ3) is 3.24. The average molecular weight is 463 g/mol. The molecule has 0 radical (unpaired) electrons. The summed E-state index contributed by atoms with van der Waals surface area (Å²) in [6.45, 7) is 1.52. The summed E-state index contributed by atoms with van der Waals surface area (Å²) in [4.78, 5) is 25.8. The Labute approximate surface area is 184 Å². The van der Waals surface area contributed by atoms with Crippen molar-refractivity contribution in [2.75, 3.05) is 6.54 Å². The number of halogens is 3. The van der Waals surface area contributed by atoms with Gasteiger partial charge >= 0.3 is 0 Å². The summed E-state index contributed by atoms with van der Waals surface area (Å²) >= 11 is 6.24. The molecule has 0 spiro atoms. The second-order valence-electron chi connectivity index (χ2n) is 7.41. The Morgan fingerprint density at radius 1 is 1.41 bits per heavy atom. The lowest BCUT2D eigenvalue weighted by molar-refractivity contribution is 0.0631. The van der Waals surface area contributed by atoms with Gasteiger partial charge in [-0.15, -0.1) is 0 Å². The largest absolute Gasteiger partial charge is 0.432 e. The van der Waals surface area contributed by atoms with E-state index in [0.717, 1.165) is 5.69 Å². The molecule has 2 N–H and O–H groups in total. The number of carbonyl (C=O) groups excluding carboxylic acids is 1. The first kappa shape index (κ1) is 20.6. The predicted molar refractivity (Wildman–Crippen MR) is 107 cm³/mol. The van der Waals surface area contributed by atoms with Crippen molar-refractivity contribution >= 4 is 23.0 Å². The average Bonchev–Trinajstić information content (AvgIpc) is 3.49. The van der Waals surface area contributed by atoms with E-state index in [-0.39, 0.29) is 12.4 Å². The first-order valence-electron chi connectivity index (χ1n) is 9.79. The van der Waals surface area contributed by atoms with E-state index in [2.05, 4.69) is 20.1 Å². The number of aromatic amines is 1. The van der Waals surface area contributed by atoms with E-state index in [4.69, 9.17) is 16.0 Å². The van der Waals surface area contributed by atoms with Gasteiger partial charge < -0.3 is 19.4 Å². The lowest BCUT2D eigenvalue weighted by Crippen LogP contribution is -2.41. The van der Waals surface area contributed by atoms with Crippen molar-refractivity contribution in [1.29, 1.82) is 0 Å². The van der Waals surface area contributed by atoms with Crippen LogP contribution in [0.1, 0.15) is 64.7 Å². The number of imidazole rings is 1. The third-order valence-corrected chi connectivity index (χ3v) is 5.64. The van der Waals surface area contributed by atoms with Crippen LogP contribution in [0, 0.1) is 0 Å². The van der Waals surface area contributed by atoms with Gasteiger partial charge in [0.25, 0.3) is 12.3 Å². The molecule has 166 valence electrons. The smallest absolute Gasteiger partial charge is 0.292 e. The van der Waals surface area contributed by atoms with Crippen LogP contribution in [0.5, 0.6) is 0 Å². The first-order valence-corrected chi connectivity index (χ1v) is 10.2. The van der Waals surface area contributed by atoms with Crippen molar-refractivity contribution in [1.82, 2.24) is 29.5 Å². The number of alkyl halides is 2. The van der Waals surface area contributed by atoms with E-state index < -0.39 is 35.9 Å². The molecule has 9 nitrogen and oxygen atoms in total. The number of aliphatic hydroxyl groups excluding tert-OH is 1. The number of aromatic nitrogens is 5. The summed E-state index contributed by atoms with van der Waals surface area (Å²) in [6.07, 6.45) is -2.35. The van der Waals surface area contributed by atoms with Crippen molar-refractivity contribution < 1.29 is 23.1 Å². The van der Waals surface area contributed by atoms with Crippen LogP contribution in [-0.2, 0) is 6.42 Å². The van der Waals surface area contributed by atoms with Crippen molar-refractivity contribution in [2.45, 2.75) is 31.9 Å². The van der Waals surface area contributed by atoms with Crippen LogP contribution in [0.15, 0.2) is 35.0 Å². The SMILES string of the molecule is C[C@@H](O)c1nc(C(F)F)c(C(=O)N2CCc3[nH]cnc3[C@@H]2c2cc3cccc(Cl)n3n2)o1. The molecule has 0 bridgehead atoms. The number of nitrogens with one attached hydrogen (secondary N) is 1. The molecule has 5 rings (SSSR count). The Kier molecular flexibility index (Phi) is 4.94. The van der Waals surface area contributed by atoms with Gasteiger partial charge in [-0.3, -0.25) is 4.79 Å². The van der Waals surface area contributed by atoms with Gasteiger partial charge in [0.2, 0.25) is 11.7 Å². The normalized spacial score (nSPS) is 17.2. The second kappa shape index (κ2) is 7.68. The van der Waals surface area contributed by atoms with E-state index in [1.807, 2.05) is 6.07 Å². The fraction of sp³-hybridized carbons (Fsp3) is 0.300. The Morgan fingerprint density at radius 3 is 2.94 bits per heavy atom. The van der Waals surface area contributed by atoms with E-state index in [9.17, 15) is 18.7 Å². The van der Waals surface area contributed by atoms with Crippen LogP contribution in [0.25, 0.3) is 5.52 Å². The fourth-order valence-electron chi connectivity index (χ4n) is 3.89. The summed E-state index contributed by atoms with van der Waals surface area (Å²) < 4.78 is 34.0. The molecule has 4 aromatic rings. The van der Waals surface area contributed by atoms with Crippen LogP contribution < -0.4 is 0 Å². The third-order valence-electron chi connectivity index (χ3n) is 5.35. The zero-order valence-corrected chi connectivity index (χ0v) is 17.4. The highest BCUT2D eigenvalue weighted by Crippen LogP contribution is 2.36. The Balaban J connectivity index is 1.63. The molecule has 0 aliphatic carbocycles. The summed E-state index contributed by atoms with van der Waals surface area (Å²) in [6, 6.07) is 6.25. The summed E-state index contributed by atoms with van der Waals surface area (Å²) in [5.74, 6) is -1.75. The van der Waals surface area contributed by atoms with Crippen molar-refractivity contribution in [2.24, 2.45) is 0 Å². The summed E-state index contributed by atoms with van der Waals surface area (Å²) in [5, 5.41) is 14.6. The monoisotopic (exact) mass is 462 g/mol. The number of amides is 1. The van der Waals surface area contributed by atoms with Gasteiger partial charge in [0.05, 0.1) is 23.2 Å². The Morgan fingerprint density at radius 2 is 2.22 bits per heavy atom. The van der Waals surface area contributed by atoms with E-state index in [0.29, 0.717) is 28.5 Å². The topological polar surface area (TPSA) is 113 Å². The number of hydrogen-bond acceptors (Lipinski definition) is 6. The molecule has 0 saturated carbocycles. The molecule has 1 aliphatic rings. The molecule has 1 amide bonds. The Hall–Kier alpha value is -3.31. The quantitative estimate of drug-likeness (QED) is 0.449.